The standard InChI is InChI=1S/C25H27ClF3N7O2Si/c1-39(2,3)12-11-38-15-36-10-8-17-22(31-16-7-9-30-20(13-16)33-21(37)14-26)34-23(35-24(17)36)18-5-4-6-19(32-18)25(27,28)29/h4-10,13H,11-12,14-15H2,1-3H3,(H2,30,31,33,34,35,37). The van der Waals surface area contributed by atoms with Crippen LogP contribution in [0.25, 0.3) is 22.6 Å². The van der Waals surface area contributed by atoms with Crippen molar-refractivity contribution in [3.05, 3.63) is 54.5 Å². The molecule has 4 aromatic heterocycles. The predicted octanol–water partition coefficient (Wildman–Crippen LogP) is 6.14. The zero-order chi connectivity index (χ0) is 28.2. The highest BCUT2D eigenvalue weighted by atomic mass is 35.5. The van der Waals surface area contributed by atoms with Crippen molar-refractivity contribution in [3.63, 3.8) is 0 Å². The summed E-state index contributed by atoms with van der Waals surface area (Å²) in [4.78, 5) is 28.6. The molecule has 0 saturated heterocycles. The SMILES string of the molecule is C[Si](C)(C)CCOCn1ccc2c(Nc3ccnc(NC(=O)CCl)c3)nc(-c3cccc(C(F)(F)F)n3)nc21. The van der Waals surface area contributed by atoms with E-state index in [0.29, 0.717) is 29.1 Å². The second-order valence-electron chi connectivity index (χ2n) is 9.91. The number of nitrogens with zero attached hydrogens (tertiary/aromatic N) is 5. The number of halogens is 4. The first kappa shape index (κ1) is 28.5. The number of anilines is 3. The Morgan fingerprint density at radius 2 is 1.92 bits per heavy atom. The first-order valence-electron chi connectivity index (χ1n) is 12.0. The number of fused-ring (bicyclic) bond motifs is 1. The van der Waals surface area contributed by atoms with Gasteiger partial charge in [-0.3, -0.25) is 4.79 Å². The molecule has 14 heteroatoms. The monoisotopic (exact) mass is 577 g/mol. The third-order valence-corrected chi connectivity index (χ3v) is 7.47. The van der Waals surface area contributed by atoms with Crippen LogP contribution in [0.15, 0.2) is 48.8 Å². The van der Waals surface area contributed by atoms with Crippen LogP contribution >= 0.6 is 11.6 Å². The van der Waals surface area contributed by atoms with Crippen molar-refractivity contribution >= 4 is 53.9 Å². The minimum atomic E-state index is -4.62. The molecule has 0 unspecified atom stereocenters. The minimum Gasteiger partial charge on any atom is -0.361 e. The fraction of sp³-hybridized carbons (Fsp3) is 0.320. The first-order chi connectivity index (χ1) is 18.4. The molecule has 0 aliphatic rings. The van der Waals surface area contributed by atoms with Gasteiger partial charge in [0.05, 0.1) is 5.39 Å². The van der Waals surface area contributed by atoms with Gasteiger partial charge in [0.1, 0.15) is 41.3 Å². The van der Waals surface area contributed by atoms with Gasteiger partial charge in [-0.1, -0.05) is 25.7 Å². The van der Waals surface area contributed by atoms with Crippen LogP contribution in [0.2, 0.25) is 25.7 Å². The molecule has 9 nitrogen and oxygen atoms in total. The molecule has 4 heterocycles. The molecule has 0 aromatic carbocycles. The Labute approximate surface area is 228 Å². The molecule has 4 rings (SSSR count). The Morgan fingerprint density at radius 3 is 2.64 bits per heavy atom. The lowest BCUT2D eigenvalue weighted by Crippen LogP contribution is -2.22. The van der Waals surface area contributed by atoms with E-state index in [1.165, 1.54) is 18.3 Å². The van der Waals surface area contributed by atoms with Gasteiger partial charge in [-0.15, -0.1) is 11.6 Å². The topological polar surface area (TPSA) is 107 Å². The van der Waals surface area contributed by atoms with Gasteiger partial charge in [0.25, 0.3) is 0 Å². The fourth-order valence-electron chi connectivity index (χ4n) is 3.53. The van der Waals surface area contributed by atoms with E-state index in [9.17, 15) is 18.0 Å². The lowest BCUT2D eigenvalue weighted by Gasteiger charge is -2.16. The number of aromatic nitrogens is 5. The summed E-state index contributed by atoms with van der Waals surface area (Å²) < 4.78 is 47.7. The van der Waals surface area contributed by atoms with Crippen LogP contribution in [0, 0.1) is 0 Å². The molecule has 206 valence electrons. The molecule has 0 aliphatic carbocycles. The van der Waals surface area contributed by atoms with Crippen molar-refractivity contribution in [1.29, 1.82) is 0 Å². The van der Waals surface area contributed by atoms with Crippen LogP contribution in [0.3, 0.4) is 0 Å². The smallest absolute Gasteiger partial charge is 0.361 e. The molecule has 0 aliphatic heterocycles. The van der Waals surface area contributed by atoms with E-state index in [2.05, 4.69) is 50.2 Å². The van der Waals surface area contributed by atoms with E-state index in [1.54, 1.807) is 29.0 Å². The lowest BCUT2D eigenvalue weighted by molar-refractivity contribution is -0.141. The lowest BCUT2D eigenvalue weighted by atomic mass is 10.2. The Balaban J connectivity index is 1.73. The number of amides is 1. The Kier molecular flexibility index (Phi) is 8.52. The number of carbonyl (C=O) groups excluding carboxylic acids is 1. The quantitative estimate of drug-likeness (QED) is 0.132. The summed E-state index contributed by atoms with van der Waals surface area (Å²) >= 11 is 5.56. The van der Waals surface area contributed by atoms with Crippen molar-refractivity contribution in [1.82, 2.24) is 24.5 Å². The van der Waals surface area contributed by atoms with Gasteiger partial charge in [0, 0.05) is 38.8 Å². The third-order valence-electron chi connectivity index (χ3n) is 5.53. The summed E-state index contributed by atoms with van der Waals surface area (Å²) in [5, 5.41) is 6.34. The molecule has 0 bridgehead atoms. The van der Waals surface area contributed by atoms with Crippen LogP contribution in [-0.4, -0.2) is 51.0 Å². The largest absolute Gasteiger partial charge is 0.433 e. The van der Waals surface area contributed by atoms with E-state index < -0.39 is 25.9 Å². The summed E-state index contributed by atoms with van der Waals surface area (Å²) in [6.07, 6.45) is -1.36. The van der Waals surface area contributed by atoms with E-state index >= 15 is 0 Å². The molecule has 0 spiro atoms. The van der Waals surface area contributed by atoms with Gasteiger partial charge in [0.15, 0.2) is 5.82 Å². The number of alkyl halides is 4. The molecular weight excluding hydrogens is 551 g/mol. The van der Waals surface area contributed by atoms with Crippen molar-refractivity contribution in [2.75, 3.05) is 23.1 Å². The van der Waals surface area contributed by atoms with Crippen molar-refractivity contribution in [2.45, 2.75) is 38.6 Å². The van der Waals surface area contributed by atoms with Crippen LogP contribution in [0.1, 0.15) is 5.69 Å². The number of nitrogens with one attached hydrogen (secondary N) is 2. The summed E-state index contributed by atoms with van der Waals surface area (Å²) in [6.45, 7) is 7.57. The van der Waals surface area contributed by atoms with Crippen LogP contribution in [0.5, 0.6) is 0 Å². The maximum absolute atomic E-state index is 13.4. The van der Waals surface area contributed by atoms with E-state index in [-0.39, 0.29) is 29.9 Å². The van der Waals surface area contributed by atoms with Gasteiger partial charge in [-0.25, -0.2) is 19.9 Å². The normalized spacial score (nSPS) is 12.1. The van der Waals surface area contributed by atoms with Gasteiger partial charge in [-0.2, -0.15) is 13.2 Å². The van der Waals surface area contributed by atoms with E-state index in [0.717, 1.165) is 12.1 Å². The zero-order valence-electron chi connectivity index (χ0n) is 21.5. The average Bonchev–Trinajstić information content (AvgIpc) is 3.29. The summed E-state index contributed by atoms with van der Waals surface area (Å²) in [5.41, 5.74) is -0.0968. The maximum atomic E-state index is 13.4. The number of hydrogen-bond donors (Lipinski definition) is 2. The highest BCUT2D eigenvalue weighted by molar-refractivity contribution is 6.76. The van der Waals surface area contributed by atoms with Gasteiger partial charge in [-0.05, 0) is 30.3 Å². The number of ether oxygens (including phenoxy) is 1. The summed E-state index contributed by atoms with van der Waals surface area (Å²) in [6, 6.07) is 9.59. The first-order valence-corrected chi connectivity index (χ1v) is 16.3. The zero-order valence-corrected chi connectivity index (χ0v) is 23.3. The number of rotatable bonds is 10. The fourth-order valence-corrected chi connectivity index (χ4v) is 4.35. The van der Waals surface area contributed by atoms with E-state index in [1.807, 2.05) is 0 Å². The molecule has 2 N–H and O–H groups in total. The second kappa shape index (κ2) is 11.7. The summed E-state index contributed by atoms with van der Waals surface area (Å²) in [7, 11) is -1.29. The highest BCUT2D eigenvalue weighted by Crippen LogP contribution is 2.31. The Bertz CT molecular complexity index is 1470. The van der Waals surface area contributed by atoms with Crippen LogP contribution < -0.4 is 10.6 Å². The van der Waals surface area contributed by atoms with Crippen molar-refractivity contribution < 1.29 is 22.7 Å². The predicted molar refractivity (Wildman–Crippen MR) is 147 cm³/mol. The van der Waals surface area contributed by atoms with Gasteiger partial charge in [0.2, 0.25) is 5.91 Å². The maximum Gasteiger partial charge on any atom is 0.433 e. The number of pyridine rings is 2. The molecule has 0 saturated carbocycles. The second-order valence-corrected chi connectivity index (χ2v) is 15.8. The molecule has 39 heavy (non-hydrogen) atoms. The third kappa shape index (κ3) is 7.52. The Morgan fingerprint density at radius 1 is 1.13 bits per heavy atom. The molecule has 0 fully saturated rings. The van der Waals surface area contributed by atoms with Gasteiger partial charge >= 0.3 is 6.18 Å². The van der Waals surface area contributed by atoms with E-state index in [4.69, 9.17) is 16.3 Å². The molecule has 4 aromatic rings. The molecule has 0 radical (unpaired) electrons. The highest BCUT2D eigenvalue weighted by Gasteiger charge is 2.32. The van der Waals surface area contributed by atoms with Gasteiger partial charge < -0.3 is 19.9 Å². The van der Waals surface area contributed by atoms with Crippen LogP contribution in [0.4, 0.5) is 30.5 Å². The molecule has 1 amide bonds. The molecular formula is C25H27ClF3N7O2Si. The van der Waals surface area contributed by atoms with Crippen molar-refractivity contribution in [2.24, 2.45) is 0 Å². The van der Waals surface area contributed by atoms with Crippen molar-refractivity contribution in [3.8, 4) is 11.5 Å². The Hall–Kier alpha value is -3.55. The summed E-state index contributed by atoms with van der Waals surface area (Å²) in [5.74, 6) is -0.0510. The molecule has 0 atom stereocenters. The number of carbonyl (C=O) groups is 1. The number of hydrogen-bond acceptors (Lipinski definition) is 7. The minimum absolute atomic E-state index is 0.00266. The van der Waals surface area contributed by atoms with Crippen LogP contribution in [-0.2, 0) is 22.4 Å². The average molecular weight is 578 g/mol.